The minimum Gasteiger partial charge on any atom is -0.394 e. The van der Waals surface area contributed by atoms with Gasteiger partial charge in [0.2, 0.25) is 0 Å². The second-order valence-corrected chi connectivity index (χ2v) is 5.47. The third kappa shape index (κ3) is 2.46. The van der Waals surface area contributed by atoms with Gasteiger partial charge in [0.1, 0.15) is 11.7 Å². The summed E-state index contributed by atoms with van der Waals surface area (Å²) < 4.78 is 6.06. The average molecular weight is 378 g/mol. The molecule has 1 aliphatic rings. The number of alkyl halides is 1. The van der Waals surface area contributed by atoms with Crippen LogP contribution in [0.2, 0.25) is 0 Å². The fourth-order valence-electron chi connectivity index (χ4n) is 1.86. The SMILES string of the molecule is C#Cc1cn([C@@H]2O[C@H](CO)[C@@H](I)[C@H]2O)c(=O)[nH]c1=O. The van der Waals surface area contributed by atoms with Gasteiger partial charge in [-0.25, -0.2) is 4.79 Å². The topological polar surface area (TPSA) is 105 Å². The molecule has 0 aromatic carbocycles. The van der Waals surface area contributed by atoms with Crippen LogP contribution in [0.4, 0.5) is 0 Å². The molecule has 2 heterocycles. The zero-order chi connectivity index (χ0) is 14.2. The molecular weight excluding hydrogens is 367 g/mol. The van der Waals surface area contributed by atoms with Crippen molar-refractivity contribution in [2.75, 3.05) is 6.61 Å². The number of aromatic amines is 1. The summed E-state index contributed by atoms with van der Waals surface area (Å²) in [5.41, 5.74) is -1.43. The Labute approximate surface area is 121 Å². The van der Waals surface area contributed by atoms with Crippen molar-refractivity contribution in [2.24, 2.45) is 0 Å². The van der Waals surface area contributed by atoms with Crippen molar-refractivity contribution in [2.45, 2.75) is 22.4 Å². The van der Waals surface area contributed by atoms with Gasteiger partial charge in [0.25, 0.3) is 5.56 Å². The molecule has 1 aliphatic heterocycles. The Morgan fingerprint density at radius 3 is 2.79 bits per heavy atom. The minimum absolute atomic E-state index is 0.0344. The van der Waals surface area contributed by atoms with Gasteiger partial charge in [-0.2, -0.15) is 0 Å². The highest BCUT2D eigenvalue weighted by molar-refractivity contribution is 14.1. The summed E-state index contributed by atoms with van der Waals surface area (Å²) in [5.74, 6) is 2.15. The summed E-state index contributed by atoms with van der Waals surface area (Å²) in [4.78, 5) is 25.1. The van der Waals surface area contributed by atoms with Crippen LogP contribution in [0.25, 0.3) is 0 Å². The molecule has 8 heteroatoms. The zero-order valence-corrected chi connectivity index (χ0v) is 11.8. The van der Waals surface area contributed by atoms with Gasteiger partial charge in [0.05, 0.1) is 16.6 Å². The Kier molecular flexibility index (Phi) is 4.10. The van der Waals surface area contributed by atoms with Crippen LogP contribution in [0.3, 0.4) is 0 Å². The Morgan fingerprint density at radius 1 is 1.58 bits per heavy atom. The Bertz CT molecular complexity index is 631. The van der Waals surface area contributed by atoms with Crippen molar-refractivity contribution in [3.63, 3.8) is 0 Å². The molecule has 102 valence electrons. The number of hydrogen-bond acceptors (Lipinski definition) is 5. The van der Waals surface area contributed by atoms with Gasteiger partial charge in [-0.05, 0) is 0 Å². The molecule has 1 aromatic rings. The third-order valence-corrected chi connectivity index (χ3v) is 4.40. The summed E-state index contributed by atoms with van der Waals surface area (Å²) in [6, 6.07) is 0. The lowest BCUT2D eigenvalue weighted by Gasteiger charge is -2.17. The van der Waals surface area contributed by atoms with E-state index in [1.54, 1.807) is 0 Å². The average Bonchev–Trinajstić information content (AvgIpc) is 2.67. The Balaban J connectivity index is 2.46. The van der Waals surface area contributed by atoms with Gasteiger partial charge in [-0.15, -0.1) is 6.42 Å². The van der Waals surface area contributed by atoms with Gasteiger partial charge in [0, 0.05) is 6.20 Å². The van der Waals surface area contributed by atoms with E-state index in [1.165, 1.54) is 0 Å². The predicted octanol–water partition coefficient (Wildman–Crippen LogP) is -1.43. The van der Waals surface area contributed by atoms with Crippen LogP contribution in [0.15, 0.2) is 15.8 Å². The van der Waals surface area contributed by atoms with Gasteiger partial charge < -0.3 is 14.9 Å². The number of aromatic nitrogens is 2. The van der Waals surface area contributed by atoms with Crippen molar-refractivity contribution in [1.82, 2.24) is 9.55 Å². The second-order valence-electron chi connectivity index (χ2n) is 4.04. The summed E-state index contributed by atoms with van der Waals surface area (Å²) in [7, 11) is 0. The first-order chi connectivity index (χ1) is 8.99. The highest BCUT2D eigenvalue weighted by atomic mass is 127. The second kappa shape index (κ2) is 5.46. The fourth-order valence-corrected chi connectivity index (χ4v) is 2.61. The summed E-state index contributed by atoms with van der Waals surface area (Å²) >= 11 is 1.94. The molecule has 0 amide bonds. The molecule has 0 unspecified atom stereocenters. The Morgan fingerprint density at radius 2 is 2.26 bits per heavy atom. The van der Waals surface area contributed by atoms with Gasteiger partial charge in [-0.3, -0.25) is 14.3 Å². The van der Waals surface area contributed by atoms with E-state index in [0.29, 0.717) is 0 Å². The van der Waals surface area contributed by atoms with E-state index in [-0.39, 0.29) is 16.1 Å². The minimum atomic E-state index is -0.994. The van der Waals surface area contributed by atoms with Crippen LogP contribution >= 0.6 is 22.6 Å². The molecule has 0 spiro atoms. The van der Waals surface area contributed by atoms with E-state index in [9.17, 15) is 14.7 Å². The van der Waals surface area contributed by atoms with Crippen LogP contribution in [0, 0.1) is 12.3 Å². The highest BCUT2D eigenvalue weighted by Crippen LogP contribution is 2.33. The molecule has 1 fully saturated rings. The molecular formula is C11H11IN2O5. The molecule has 0 bridgehead atoms. The molecule has 0 aliphatic carbocycles. The van der Waals surface area contributed by atoms with Crippen LogP contribution in [-0.4, -0.2) is 42.5 Å². The zero-order valence-electron chi connectivity index (χ0n) is 9.62. The fraction of sp³-hybridized carbons (Fsp3) is 0.455. The largest absolute Gasteiger partial charge is 0.394 e. The first kappa shape index (κ1) is 14.3. The van der Waals surface area contributed by atoms with Crippen LogP contribution in [0.5, 0.6) is 0 Å². The van der Waals surface area contributed by atoms with Gasteiger partial charge >= 0.3 is 5.69 Å². The van der Waals surface area contributed by atoms with E-state index < -0.39 is 29.7 Å². The van der Waals surface area contributed by atoms with Crippen molar-refractivity contribution in [1.29, 1.82) is 0 Å². The molecule has 4 atom stereocenters. The van der Waals surface area contributed by atoms with E-state index in [2.05, 4.69) is 10.9 Å². The molecule has 1 aromatic heterocycles. The summed E-state index contributed by atoms with van der Waals surface area (Å²) in [6.07, 6.45) is 3.75. The maximum absolute atomic E-state index is 11.7. The number of aliphatic hydroxyl groups excluding tert-OH is 2. The summed E-state index contributed by atoms with van der Waals surface area (Å²) in [6.45, 7) is -0.277. The number of rotatable bonds is 2. The van der Waals surface area contributed by atoms with Crippen molar-refractivity contribution >= 4 is 22.6 Å². The van der Waals surface area contributed by atoms with Crippen LogP contribution in [0.1, 0.15) is 11.8 Å². The highest BCUT2D eigenvalue weighted by Gasteiger charge is 2.43. The van der Waals surface area contributed by atoms with Crippen LogP contribution in [-0.2, 0) is 4.74 Å². The summed E-state index contributed by atoms with van der Waals surface area (Å²) in [5, 5.41) is 19.1. The first-order valence-corrected chi connectivity index (χ1v) is 6.64. The lowest BCUT2D eigenvalue weighted by molar-refractivity contribution is -0.0530. The number of nitrogens with zero attached hydrogens (tertiary/aromatic N) is 1. The number of hydrogen-bond donors (Lipinski definition) is 3. The normalized spacial score (nSPS) is 30.2. The van der Waals surface area contributed by atoms with E-state index in [1.807, 2.05) is 22.6 Å². The molecule has 7 nitrogen and oxygen atoms in total. The molecule has 0 saturated carbocycles. The standard InChI is InChI=1S/C11H11IN2O5/c1-2-5-3-14(11(18)13-9(5)17)10-8(16)7(12)6(4-15)19-10/h1,3,6-8,10,15-16H,4H2,(H,13,17,18)/t6-,7-,8-,10-/m1/s1. The maximum atomic E-state index is 11.7. The molecule has 2 rings (SSSR count). The van der Waals surface area contributed by atoms with Crippen molar-refractivity contribution < 1.29 is 14.9 Å². The third-order valence-electron chi connectivity index (χ3n) is 2.87. The van der Waals surface area contributed by atoms with Gasteiger partial charge in [0.15, 0.2) is 6.23 Å². The molecule has 0 radical (unpaired) electrons. The molecule has 19 heavy (non-hydrogen) atoms. The lowest BCUT2D eigenvalue weighted by Crippen LogP contribution is -2.37. The van der Waals surface area contributed by atoms with Gasteiger partial charge in [-0.1, -0.05) is 28.5 Å². The van der Waals surface area contributed by atoms with Crippen molar-refractivity contribution in [3.8, 4) is 12.3 Å². The monoisotopic (exact) mass is 378 g/mol. The number of halogens is 1. The number of aliphatic hydroxyl groups is 2. The van der Waals surface area contributed by atoms with E-state index >= 15 is 0 Å². The Hall–Kier alpha value is -1.15. The molecule has 3 N–H and O–H groups in total. The quantitative estimate of drug-likeness (QED) is 0.333. The smallest absolute Gasteiger partial charge is 0.330 e. The molecule has 1 saturated heterocycles. The van der Waals surface area contributed by atoms with Crippen molar-refractivity contribution in [3.05, 3.63) is 32.6 Å². The lowest BCUT2D eigenvalue weighted by atomic mass is 10.2. The number of nitrogens with one attached hydrogen (secondary N) is 1. The maximum Gasteiger partial charge on any atom is 0.330 e. The number of ether oxygens (including phenoxy) is 1. The van der Waals surface area contributed by atoms with E-state index in [0.717, 1.165) is 10.8 Å². The van der Waals surface area contributed by atoms with E-state index in [4.69, 9.17) is 16.3 Å². The number of H-pyrrole nitrogens is 1. The van der Waals surface area contributed by atoms with Crippen LogP contribution < -0.4 is 11.2 Å². The number of terminal acetylenes is 1. The predicted molar refractivity (Wildman–Crippen MR) is 74.1 cm³/mol. The first-order valence-electron chi connectivity index (χ1n) is 5.40.